The van der Waals surface area contributed by atoms with Crippen LogP contribution >= 0.6 is 0 Å². The smallest absolute Gasteiger partial charge is 0.157 e. The minimum Gasteiger partial charge on any atom is -0.378 e. The highest BCUT2D eigenvalue weighted by atomic mass is 16.5. The van der Waals surface area contributed by atoms with E-state index in [4.69, 9.17) is 9.73 Å². The van der Waals surface area contributed by atoms with Crippen LogP contribution in [0.1, 0.15) is 11.1 Å². The summed E-state index contributed by atoms with van der Waals surface area (Å²) in [7, 11) is 0. The maximum atomic E-state index is 5.39. The second-order valence-electron chi connectivity index (χ2n) is 6.20. The number of aromatic nitrogens is 1. The van der Waals surface area contributed by atoms with Crippen LogP contribution < -0.4 is 0 Å². The van der Waals surface area contributed by atoms with Crippen LogP contribution in [0.2, 0.25) is 0 Å². The van der Waals surface area contributed by atoms with Gasteiger partial charge in [-0.1, -0.05) is 54.6 Å². The molecule has 0 spiro atoms. The Morgan fingerprint density at radius 2 is 1.76 bits per heavy atom. The van der Waals surface area contributed by atoms with Crippen LogP contribution in [0.15, 0.2) is 65.8 Å². The molecule has 1 aliphatic heterocycles. The second kappa shape index (κ2) is 7.45. The fraction of sp³-hybridized carbons (Fsp3) is 0.238. The van der Waals surface area contributed by atoms with Gasteiger partial charge in [-0.2, -0.15) is 0 Å². The lowest BCUT2D eigenvalue weighted by molar-refractivity contribution is 0.0701. The molecule has 3 aromatic rings. The fourth-order valence-corrected chi connectivity index (χ4v) is 3.13. The summed E-state index contributed by atoms with van der Waals surface area (Å²) in [6, 6.07) is 18.9. The van der Waals surface area contributed by atoms with E-state index in [2.05, 4.69) is 52.3 Å². The maximum Gasteiger partial charge on any atom is 0.157 e. The second-order valence-corrected chi connectivity index (χ2v) is 6.20. The zero-order valence-electron chi connectivity index (χ0n) is 14.1. The lowest BCUT2D eigenvalue weighted by Gasteiger charge is -2.24. The van der Waals surface area contributed by atoms with E-state index in [-0.39, 0.29) is 0 Å². The molecule has 0 unspecified atom stereocenters. The molecule has 1 aromatic heterocycles. The molecule has 4 nitrogen and oxygen atoms in total. The number of fused-ring (bicyclic) bond motifs is 1. The summed E-state index contributed by atoms with van der Waals surface area (Å²) in [6.07, 6.45) is 4.65. The van der Waals surface area contributed by atoms with Crippen LogP contribution in [0.3, 0.4) is 0 Å². The van der Waals surface area contributed by atoms with Gasteiger partial charge in [-0.3, -0.25) is 0 Å². The molecule has 0 radical (unpaired) electrons. The molecule has 25 heavy (non-hydrogen) atoms. The Labute approximate surface area is 147 Å². The Kier molecular flexibility index (Phi) is 4.70. The monoisotopic (exact) mass is 331 g/mol. The van der Waals surface area contributed by atoms with E-state index in [9.17, 15) is 0 Å². The van der Waals surface area contributed by atoms with Crippen LogP contribution in [0.5, 0.6) is 0 Å². The van der Waals surface area contributed by atoms with Crippen LogP contribution in [0.4, 0.5) is 5.82 Å². The van der Waals surface area contributed by atoms with E-state index in [0.717, 1.165) is 43.9 Å². The minimum atomic E-state index is 0.758. The van der Waals surface area contributed by atoms with Gasteiger partial charge in [0.1, 0.15) is 0 Å². The fourth-order valence-electron chi connectivity index (χ4n) is 3.13. The Balaban J connectivity index is 1.72. The summed E-state index contributed by atoms with van der Waals surface area (Å²) >= 11 is 0. The van der Waals surface area contributed by atoms with Gasteiger partial charge in [0, 0.05) is 36.7 Å². The topological polar surface area (TPSA) is 37.7 Å². The zero-order valence-corrected chi connectivity index (χ0v) is 14.1. The summed E-state index contributed by atoms with van der Waals surface area (Å²) in [5, 5.41) is 2.37. The first kappa shape index (κ1) is 15.8. The normalized spacial score (nSPS) is 15.1. The Morgan fingerprint density at radius 3 is 2.60 bits per heavy atom. The predicted octanol–water partition coefficient (Wildman–Crippen LogP) is 3.82. The molecule has 0 amide bonds. The number of benzene rings is 2. The molecule has 0 N–H and O–H groups in total. The zero-order chi connectivity index (χ0) is 16.9. The largest absolute Gasteiger partial charge is 0.378 e. The molecule has 1 fully saturated rings. The lowest BCUT2D eigenvalue weighted by Crippen LogP contribution is -2.35. The van der Waals surface area contributed by atoms with Crippen molar-refractivity contribution in [3.63, 3.8) is 0 Å². The van der Waals surface area contributed by atoms with Gasteiger partial charge in [-0.05, 0) is 10.9 Å². The van der Waals surface area contributed by atoms with Crippen molar-refractivity contribution < 1.29 is 4.74 Å². The highest BCUT2D eigenvalue weighted by Gasteiger charge is 2.11. The van der Waals surface area contributed by atoms with Crippen molar-refractivity contribution in [2.24, 2.45) is 4.99 Å². The molecular weight excluding hydrogens is 310 g/mol. The van der Waals surface area contributed by atoms with Gasteiger partial charge in [-0.25, -0.2) is 9.98 Å². The summed E-state index contributed by atoms with van der Waals surface area (Å²) < 4.78 is 5.39. The number of aliphatic imine (C=N–C) groups is 1. The van der Waals surface area contributed by atoms with Crippen LogP contribution in [0.25, 0.3) is 10.8 Å². The van der Waals surface area contributed by atoms with E-state index in [0.29, 0.717) is 0 Å². The maximum absolute atomic E-state index is 5.39. The number of hydrogen-bond donors (Lipinski definition) is 0. The van der Waals surface area contributed by atoms with Crippen molar-refractivity contribution in [3.8, 4) is 0 Å². The van der Waals surface area contributed by atoms with Gasteiger partial charge in [-0.15, -0.1) is 0 Å². The number of pyridine rings is 1. The van der Waals surface area contributed by atoms with Gasteiger partial charge in [0.05, 0.1) is 19.6 Å². The average molecular weight is 331 g/mol. The molecule has 0 aliphatic carbocycles. The van der Waals surface area contributed by atoms with Crippen molar-refractivity contribution in [3.05, 3.63) is 71.9 Å². The average Bonchev–Trinajstić information content (AvgIpc) is 2.69. The van der Waals surface area contributed by atoms with E-state index in [1.54, 1.807) is 0 Å². The first-order chi connectivity index (χ1) is 12.4. The van der Waals surface area contributed by atoms with Gasteiger partial charge < -0.3 is 9.64 Å². The van der Waals surface area contributed by atoms with E-state index >= 15 is 0 Å². The number of morpholine rings is 1. The molecule has 126 valence electrons. The number of nitrogens with zero attached hydrogens (tertiary/aromatic N) is 3. The SMILES string of the molecule is C(=N\c1ncc2ccccc2c1Cc1ccccc1)/N1CCOCC1. The van der Waals surface area contributed by atoms with Crippen LogP contribution in [-0.4, -0.2) is 42.5 Å². The van der Waals surface area contributed by atoms with Crippen molar-refractivity contribution in [2.45, 2.75) is 6.42 Å². The highest BCUT2D eigenvalue weighted by Crippen LogP contribution is 2.28. The Bertz CT molecular complexity index is 871. The quantitative estimate of drug-likeness (QED) is 0.539. The number of hydrogen-bond acceptors (Lipinski definition) is 3. The third-order valence-corrected chi connectivity index (χ3v) is 4.49. The van der Waals surface area contributed by atoms with Crippen molar-refractivity contribution in [2.75, 3.05) is 26.3 Å². The minimum absolute atomic E-state index is 0.758. The number of rotatable bonds is 4. The predicted molar refractivity (Wildman–Crippen MR) is 102 cm³/mol. The highest BCUT2D eigenvalue weighted by molar-refractivity contribution is 5.88. The summed E-state index contributed by atoms with van der Waals surface area (Å²) in [5.41, 5.74) is 2.44. The first-order valence-electron chi connectivity index (χ1n) is 8.67. The Morgan fingerprint density at radius 1 is 1.00 bits per heavy atom. The standard InChI is InChI=1S/C21H21N3O/c1-2-6-17(7-3-1)14-20-19-9-5-4-8-18(19)15-22-21(20)23-16-24-10-12-25-13-11-24/h1-9,15-16H,10-14H2/b23-16+. The van der Waals surface area contributed by atoms with Crippen LogP contribution in [-0.2, 0) is 11.2 Å². The molecule has 1 aliphatic rings. The lowest BCUT2D eigenvalue weighted by atomic mass is 10.00. The van der Waals surface area contributed by atoms with Crippen LogP contribution in [0, 0.1) is 0 Å². The van der Waals surface area contributed by atoms with Gasteiger partial charge in [0.25, 0.3) is 0 Å². The van der Waals surface area contributed by atoms with E-state index in [1.165, 1.54) is 16.5 Å². The summed E-state index contributed by atoms with van der Waals surface area (Å²) in [4.78, 5) is 11.5. The molecule has 0 atom stereocenters. The van der Waals surface area contributed by atoms with Gasteiger partial charge in [0.2, 0.25) is 0 Å². The molecule has 0 bridgehead atoms. The Hall–Kier alpha value is -2.72. The first-order valence-corrected chi connectivity index (χ1v) is 8.67. The van der Waals surface area contributed by atoms with Crippen molar-refractivity contribution in [1.82, 2.24) is 9.88 Å². The molecule has 4 heteroatoms. The molecule has 2 aromatic carbocycles. The third-order valence-electron chi connectivity index (χ3n) is 4.49. The molecular formula is C21H21N3O. The van der Waals surface area contributed by atoms with E-state index < -0.39 is 0 Å². The molecule has 4 rings (SSSR count). The van der Waals surface area contributed by atoms with Gasteiger partial charge >= 0.3 is 0 Å². The molecule has 2 heterocycles. The van der Waals surface area contributed by atoms with E-state index in [1.807, 2.05) is 24.7 Å². The molecule has 1 saturated heterocycles. The third kappa shape index (κ3) is 3.69. The van der Waals surface area contributed by atoms with Gasteiger partial charge in [0.15, 0.2) is 5.82 Å². The number of ether oxygens (including phenoxy) is 1. The summed E-state index contributed by atoms with van der Waals surface area (Å²) in [5.74, 6) is 0.800. The summed E-state index contributed by atoms with van der Waals surface area (Å²) in [6.45, 7) is 3.28. The van der Waals surface area contributed by atoms with Crippen molar-refractivity contribution >= 4 is 22.9 Å². The van der Waals surface area contributed by atoms with Crippen molar-refractivity contribution in [1.29, 1.82) is 0 Å². The molecule has 0 saturated carbocycles.